The van der Waals surface area contributed by atoms with Gasteiger partial charge in [0.05, 0.1) is 18.7 Å². The van der Waals surface area contributed by atoms with E-state index in [4.69, 9.17) is 0 Å². The normalized spacial score (nSPS) is 16.7. The van der Waals surface area contributed by atoms with Crippen LogP contribution in [0.25, 0.3) is 0 Å². The summed E-state index contributed by atoms with van der Waals surface area (Å²) in [7, 11) is 0. The predicted octanol–water partition coefficient (Wildman–Crippen LogP) is 4.26. The minimum Gasteiger partial charge on any atom is -0.289 e. The number of amides is 1. The molecule has 7 heteroatoms. The summed E-state index contributed by atoms with van der Waals surface area (Å²) < 4.78 is 39.5. The van der Waals surface area contributed by atoms with Gasteiger partial charge >= 0.3 is 6.18 Å². The summed E-state index contributed by atoms with van der Waals surface area (Å²) in [6.45, 7) is 7.13. The lowest BCUT2D eigenvalue weighted by atomic mass is 9.96. The third-order valence-electron chi connectivity index (χ3n) is 5.85. The van der Waals surface area contributed by atoms with Gasteiger partial charge in [0, 0.05) is 25.7 Å². The number of hydrogen-bond acceptors (Lipinski definition) is 3. The summed E-state index contributed by atoms with van der Waals surface area (Å²) in [4.78, 5) is 15.0. The van der Waals surface area contributed by atoms with Crippen molar-refractivity contribution in [3.63, 3.8) is 0 Å². The minimum atomic E-state index is -4.36. The highest BCUT2D eigenvalue weighted by Gasteiger charge is 2.33. The number of carbonyl (C=O) groups is 1. The maximum absolute atomic E-state index is 13.2. The molecular formula is C24H30F3N3O. The zero-order valence-electron chi connectivity index (χ0n) is 18.1. The molecule has 0 spiro atoms. The van der Waals surface area contributed by atoms with Crippen molar-refractivity contribution in [2.45, 2.75) is 38.9 Å². The van der Waals surface area contributed by atoms with Crippen LogP contribution in [-0.4, -0.2) is 59.6 Å². The molecule has 3 rings (SSSR count). The second-order valence-corrected chi connectivity index (χ2v) is 7.87. The van der Waals surface area contributed by atoms with E-state index < -0.39 is 11.7 Å². The Kier molecular flexibility index (Phi) is 7.73. The summed E-state index contributed by atoms with van der Waals surface area (Å²) in [5.74, 6) is 0.0389. The van der Waals surface area contributed by atoms with E-state index in [9.17, 15) is 18.0 Å². The van der Waals surface area contributed by atoms with Crippen LogP contribution >= 0.6 is 0 Å². The third kappa shape index (κ3) is 6.08. The maximum Gasteiger partial charge on any atom is 0.416 e. The van der Waals surface area contributed by atoms with Crippen LogP contribution in [0.1, 0.15) is 30.5 Å². The van der Waals surface area contributed by atoms with E-state index in [-0.39, 0.29) is 18.5 Å². The van der Waals surface area contributed by atoms with Crippen molar-refractivity contribution in [3.8, 4) is 0 Å². The monoisotopic (exact) mass is 433 g/mol. The molecule has 0 bridgehead atoms. The molecule has 31 heavy (non-hydrogen) atoms. The number of nitrogens with zero attached hydrogens (tertiary/aromatic N) is 3. The molecule has 0 aromatic heterocycles. The van der Waals surface area contributed by atoms with Gasteiger partial charge in [-0.1, -0.05) is 62.4 Å². The second-order valence-electron chi connectivity index (χ2n) is 7.87. The largest absolute Gasteiger partial charge is 0.416 e. The molecule has 1 amide bonds. The molecule has 1 aliphatic heterocycles. The molecule has 0 aliphatic carbocycles. The SMILES string of the molecule is CCN(CC)N1CCN(C(Cc2ccccc2)Cc2cccc(C(F)(F)F)c2)CC1=O. The number of carbonyl (C=O) groups excluding carboxylic acids is 1. The number of hydrazine groups is 1. The molecular weight excluding hydrogens is 403 g/mol. The average Bonchev–Trinajstić information content (AvgIpc) is 2.75. The first-order chi connectivity index (χ1) is 14.8. The fourth-order valence-electron chi connectivity index (χ4n) is 4.22. The van der Waals surface area contributed by atoms with Crippen LogP contribution in [0.2, 0.25) is 0 Å². The molecule has 1 unspecified atom stereocenters. The van der Waals surface area contributed by atoms with E-state index in [1.807, 2.05) is 49.2 Å². The second kappa shape index (κ2) is 10.3. The number of alkyl halides is 3. The van der Waals surface area contributed by atoms with Gasteiger partial charge in [0.15, 0.2) is 0 Å². The number of rotatable bonds is 8. The van der Waals surface area contributed by atoms with Gasteiger partial charge in [-0.15, -0.1) is 0 Å². The van der Waals surface area contributed by atoms with E-state index in [0.717, 1.165) is 24.7 Å². The summed E-state index contributed by atoms with van der Waals surface area (Å²) in [5, 5.41) is 3.83. The number of piperazine rings is 1. The van der Waals surface area contributed by atoms with Crippen molar-refractivity contribution >= 4 is 5.91 Å². The first kappa shape index (κ1) is 23.3. The Balaban J connectivity index is 1.80. The Morgan fingerprint density at radius 3 is 2.19 bits per heavy atom. The fourth-order valence-corrected chi connectivity index (χ4v) is 4.22. The first-order valence-electron chi connectivity index (χ1n) is 10.8. The highest BCUT2D eigenvalue weighted by molar-refractivity contribution is 5.78. The molecule has 0 saturated carbocycles. The Hall–Kier alpha value is -2.38. The summed E-state index contributed by atoms with van der Waals surface area (Å²) in [6, 6.07) is 15.4. The minimum absolute atomic E-state index is 0.0389. The fraction of sp³-hybridized carbons (Fsp3) is 0.458. The van der Waals surface area contributed by atoms with Crippen LogP contribution in [0, 0.1) is 0 Å². The Morgan fingerprint density at radius 2 is 1.58 bits per heavy atom. The molecule has 168 valence electrons. The lowest BCUT2D eigenvalue weighted by Gasteiger charge is -2.42. The highest BCUT2D eigenvalue weighted by Crippen LogP contribution is 2.30. The summed E-state index contributed by atoms with van der Waals surface area (Å²) >= 11 is 0. The third-order valence-corrected chi connectivity index (χ3v) is 5.85. The topological polar surface area (TPSA) is 26.8 Å². The van der Waals surface area contributed by atoms with Crippen LogP contribution in [0.15, 0.2) is 54.6 Å². The average molecular weight is 434 g/mol. The van der Waals surface area contributed by atoms with Crippen LogP contribution in [0.3, 0.4) is 0 Å². The number of benzene rings is 2. The van der Waals surface area contributed by atoms with Gasteiger partial charge in [-0.2, -0.15) is 13.2 Å². The molecule has 2 aromatic rings. The summed E-state index contributed by atoms with van der Waals surface area (Å²) in [6.07, 6.45) is -3.23. The smallest absolute Gasteiger partial charge is 0.289 e. The van der Waals surface area contributed by atoms with Crippen molar-refractivity contribution in [2.75, 3.05) is 32.7 Å². The standard InChI is InChI=1S/C24H30F3N3O/c1-3-29(4-2)30-14-13-28(18-23(30)31)22(16-19-9-6-5-7-10-19)17-20-11-8-12-21(15-20)24(25,26)27/h5-12,15,22H,3-4,13-14,16-18H2,1-2H3. The maximum atomic E-state index is 13.2. The van der Waals surface area contributed by atoms with Crippen LogP contribution in [0.5, 0.6) is 0 Å². The number of halogens is 3. The quantitative estimate of drug-likeness (QED) is 0.623. The van der Waals surface area contributed by atoms with Crippen molar-refractivity contribution in [2.24, 2.45) is 0 Å². The molecule has 1 atom stereocenters. The van der Waals surface area contributed by atoms with Gasteiger partial charge in [-0.25, -0.2) is 5.01 Å². The van der Waals surface area contributed by atoms with Crippen molar-refractivity contribution < 1.29 is 18.0 Å². The van der Waals surface area contributed by atoms with Gasteiger partial charge < -0.3 is 0 Å². The van der Waals surface area contributed by atoms with Crippen molar-refractivity contribution in [3.05, 3.63) is 71.3 Å². The van der Waals surface area contributed by atoms with Crippen molar-refractivity contribution in [1.29, 1.82) is 0 Å². The molecule has 1 aliphatic rings. The van der Waals surface area contributed by atoms with E-state index in [1.165, 1.54) is 12.1 Å². The van der Waals surface area contributed by atoms with Crippen molar-refractivity contribution in [1.82, 2.24) is 14.9 Å². The van der Waals surface area contributed by atoms with E-state index >= 15 is 0 Å². The van der Waals surface area contributed by atoms with Gasteiger partial charge in [-0.05, 0) is 30.0 Å². The highest BCUT2D eigenvalue weighted by atomic mass is 19.4. The predicted molar refractivity (Wildman–Crippen MR) is 115 cm³/mol. The van der Waals surface area contributed by atoms with Gasteiger partial charge in [0.25, 0.3) is 5.91 Å². The lowest BCUT2D eigenvalue weighted by molar-refractivity contribution is -0.157. The molecule has 0 N–H and O–H groups in total. The van der Waals surface area contributed by atoms with Gasteiger partial charge in [-0.3, -0.25) is 14.7 Å². The zero-order chi connectivity index (χ0) is 22.4. The van der Waals surface area contributed by atoms with E-state index in [2.05, 4.69) is 4.90 Å². The molecule has 1 saturated heterocycles. The Labute approximate surface area is 182 Å². The Bertz CT molecular complexity index is 853. The molecule has 4 nitrogen and oxygen atoms in total. The zero-order valence-corrected chi connectivity index (χ0v) is 18.1. The molecule has 0 radical (unpaired) electrons. The van der Waals surface area contributed by atoms with Gasteiger partial charge in [0.1, 0.15) is 0 Å². The van der Waals surface area contributed by atoms with Crippen LogP contribution in [0.4, 0.5) is 13.2 Å². The number of hydrogen-bond donors (Lipinski definition) is 0. The Morgan fingerprint density at radius 1 is 0.935 bits per heavy atom. The van der Waals surface area contributed by atoms with Crippen LogP contribution in [-0.2, 0) is 23.8 Å². The van der Waals surface area contributed by atoms with E-state index in [0.29, 0.717) is 31.5 Å². The first-order valence-corrected chi connectivity index (χ1v) is 10.8. The molecule has 1 heterocycles. The lowest BCUT2D eigenvalue weighted by Crippen LogP contribution is -2.59. The molecule has 1 fully saturated rings. The summed E-state index contributed by atoms with van der Waals surface area (Å²) in [5.41, 5.74) is 1.11. The molecule has 2 aromatic carbocycles. The van der Waals surface area contributed by atoms with E-state index in [1.54, 1.807) is 11.1 Å². The van der Waals surface area contributed by atoms with Gasteiger partial charge in [0.2, 0.25) is 0 Å². The van der Waals surface area contributed by atoms with Crippen LogP contribution < -0.4 is 0 Å².